The van der Waals surface area contributed by atoms with Crippen LogP contribution in [0, 0.1) is 11.6 Å². The molecule has 9 heteroatoms. The van der Waals surface area contributed by atoms with Crippen LogP contribution >= 0.6 is 15.9 Å². The molecule has 1 unspecified atom stereocenters. The van der Waals surface area contributed by atoms with E-state index in [2.05, 4.69) is 26.0 Å². The molecule has 2 amide bonds. The molecule has 0 saturated heterocycles. The van der Waals surface area contributed by atoms with Gasteiger partial charge in [0.2, 0.25) is 5.60 Å². The maximum Gasteiger partial charge on any atom is 0.406 e. The van der Waals surface area contributed by atoms with Gasteiger partial charge in [-0.2, -0.15) is 0 Å². The lowest BCUT2D eigenvalue weighted by atomic mass is 9.91. The summed E-state index contributed by atoms with van der Waals surface area (Å²) in [5.74, 6) is -1.77. The van der Waals surface area contributed by atoms with Gasteiger partial charge in [-0.1, -0.05) is 15.9 Å². The maximum atomic E-state index is 13.8. The Hall–Kier alpha value is -2.68. The van der Waals surface area contributed by atoms with Crippen LogP contribution in [0.1, 0.15) is 12.5 Å². The van der Waals surface area contributed by atoms with E-state index in [-0.39, 0.29) is 18.7 Å². The van der Waals surface area contributed by atoms with Gasteiger partial charge in [-0.25, -0.2) is 13.6 Å². The number of amides is 2. The van der Waals surface area contributed by atoms with Crippen LogP contribution in [-0.2, 0) is 15.1 Å². The first-order valence-corrected chi connectivity index (χ1v) is 9.13. The van der Waals surface area contributed by atoms with E-state index in [0.717, 1.165) is 18.2 Å². The molecule has 0 fully saturated rings. The van der Waals surface area contributed by atoms with Crippen LogP contribution in [-0.4, -0.2) is 32.2 Å². The molecular weight excluding hydrogens is 438 g/mol. The van der Waals surface area contributed by atoms with Crippen molar-refractivity contribution in [2.75, 3.05) is 25.1 Å². The molecule has 0 bridgehead atoms. The Morgan fingerprint density at radius 1 is 1.25 bits per heavy atom. The molecule has 0 spiro atoms. The minimum absolute atomic E-state index is 0.0505. The number of halogens is 3. The maximum absolute atomic E-state index is 13.8. The lowest BCUT2D eigenvalue weighted by Crippen LogP contribution is -2.54. The van der Waals surface area contributed by atoms with E-state index in [4.69, 9.17) is 4.74 Å². The van der Waals surface area contributed by atoms with Crippen LogP contribution in [0.5, 0.6) is 5.75 Å². The lowest BCUT2D eigenvalue weighted by molar-refractivity contribution is -0.135. The molecule has 0 aliphatic carbocycles. The van der Waals surface area contributed by atoms with E-state index >= 15 is 0 Å². The van der Waals surface area contributed by atoms with Gasteiger partial charge in [0.25, 0.3) is 5.91 Å². The van der Waals surface area contributed by atoms with Crippen LogP contribution < -0.4 is 15.0 Å². The van der Waals surface area contributed by atoms with Crippen molar-refractivity contribution in [3.05, 3.63) is 58.1 Å². The molecule has 3 rings (SSSR count). The van der Waals surface area contributed by atoms with Gasteiger partial charge in [-0.3, -0.25) is 4.79 Å². The fourth-order valence-electron chi connectivity index (χ4n) is 2.99. The lowest BCUT2D eigenvalue weighted by Gasteiger charge is -2.41. The van der Waals surface area contributed by atoms with Crippen molar-refractivity contribution in [2.45, 2.75) is 12.5 Å². The number of anilines is 1. The molecule has 1 atom stereocenters. The second-order valence-electron chi connectivity index (χ2n) is 6.28. The van der Waals surface area contributed by atoms with E-state index in [1.165, 1.54) is 18.9 Å². The fraction of sp³-hybridized carbons (Fsp3) is 0.263. The topological polar surface area (TPSA) is 67.9 Å². The number of nitrogens with one attached hydrogen (secondary N) is 1. The summed E-state index contributed by atoms with van der Waals surface area (Å²) in [6, 6.07) is 7.93. The molecule has 1 aliphatic heterocycles. The number of benzene rings is 2. The Kier molecular flexibility index (Phi) is 5.55. The summed E-state index contributed by atoms with van der Waals surface area (Å²) in [7, 11) is 1.23. The first-order chi connectivity index (χ1) is 13.2. The number of carbonyl (C=O) groups is 2. The average Bonchev–Trinajstić information content (AvgIpc) is 2.64. The Bertz CT molecular complexity index is 920. The quantitative estimate of drug-likeness (QED) is 0.764. The number of nitrogens with zero attached hydrogens (tertiary/aromatic N) is 1. The third kappa shape index (κ3) is 3.80. The zero-order valence-corrected chi connectivity index (χ0v) is 16.7. The van der Waals surface area contributed by atoms with Gasteiger partial charge in [0, 0.05) is 29.2 Å². The third-order valence-corrected chi connectivity index (χ3v) is 4.88. The van der Waals surface area contributed by atoms with E-state index in [9.17, 15) is 18.4 Å². The predicted molar refractivity (Wildman–Crippen MR) is 101 cm³/mol. The smallest absolute Gasteiger partial charge is 0.406 e. The number of methoxy groups -OCH3 is 1. The number of rotatable bonds is 4. The zero-order valence-electron chi connectivity index (χ0n) is 15.1. The highest BCUT2D eigenvalue weighted by molar-refractivity contribution is 9.10. The van der Waals surface area contributed by atoms with Crippen LogP contribution in [0.2, 0.25) is 0 Å². The molecule has 1 heterocycles. The van der Waals surface area contributed by atoms with Crippen molar-refractivity contribution in [3.63, 3.8) is 0 Å². The van der Waals surface area contributed by atoms with Gasteiger partial charge >= 0.3 is 6.09 Å². The Morgan fingerprint density at radius 3 is 2.57 bits per heavy atom. The number of ether oxygens (including phenoxy) is 2. The number of hydrogen-bond donors (Lipinski definition) is 1. The van der Waals surface area contributed by atoms with E-state index in [1.807, 2.05) is 0 Å². The van der Waals surface area contributed by atoms with Gasteiger partial charge in [-0.05, 0) is 37.3 Å². The molecule has 6 nitrogen and oxygen atoms in total. The SMILES string of the molecule is COC(=O)NCCN1C(=O)C(C)(c2cc(F)cc(F)c2)Oc2ccc(Br)cc21. The van der Waals surface area contributed by atoms with Gasteiger partial charge in [0.1, 0.15) is 17.4 Å². The molecule has 28 heavy (non-hydrogen) atoms. The van der Waals surface area contributed by atoms with Gasteiger partial charge < -0.3 is 19.7 Å². The van der Waals surface area contributed by atoms with Crippen molar-refractivity contribution in [3.8, 4) is 5.75 Å². The summed E-state index contributed by atoms with van der Waals surface area (Å²) in [4.78, 5) is 26.0. The zero-order chi connectivity index (χ0) is 20.5. The van der Waals surface area contributed by atoms with Crippen LogP contribution in [0.15, 0.2) is 40.9 Å². The summed E-state index contributed by atoms with van der Waals surface area (Å²) >= 11 is 3.35. The standard InChI is InChI=1S/C19H17BrF2N2O4/c1-19(11-7-13(21)10-14(22)8-11)17(25)24(6-5-23-18(26)27-2)15-9-12(20)3-4-16(15)28-19/h3-4,7-10H,5-6H2,1-2H3,(H,23,26). The van der Waals surface area contributed by atoms with Gasteiger partial charge in [0.15, 0.2) is 0 Å². The largest absolute Gasteiger partial charge is 0.471 e. The fourth-order valence-corrected chi connectivity index (χ4v) is 3.34. The van der Waals surface area contributed by atoms with Crippen molar-refractivity contribution in [1.29, 1.82) is 0 Å². The minimum atomic E-state index is -1.64. The summed E-state index contributed by atoms with van der Waals surface area (Å²) in [5.41, 5.74) is -1.12. The molecule has 0 aromatic heterocycles. The number of hydrogen-bond acceptors (Lipinski definition) is 4. The van der Waals surface area contributed by atoms with Crippen LogP contribution in [0.4, 0.5) is 19.3 Å². The van der Waals surface area contributed by atoms with Gasteiger partial charge in [0.05, 0.1) is 12.8 Å². The number of alkyl carbamates (subject to hydrolysis) is 1. The number of fused-ring (bicyclic) bond motifs is 1. The first kappa shape index (κ1) is 20.1. The Labute approximate surface area is 168 Å². The van der Waals surface area contributed by atoms with Gasteiger partial charge in [-0.15, -0.1) is 0 Å². The minimum Gasteiger partial charge on any atom is -0.471 e. The van der Waals surface area contributed by atoms with Crippen molar-refractivity contribution < 1.29 is 27.8 Å². The first-order valence-electron chi connectivity index (χ1n) is 8.33. The highest BCUT2D eigenvalue weighted by atomic mass is 79.9. The average molecular weight is 455 g/mol. The van der Waals surface area contributed by atoms with E-state index < -0.39 is 29.2 Å². The normalized spacial score (nSPS) is 18.3. The molecule has 1 aliphatic rings. The highest BCUT2D eigenvalue weighted by Crippen LogP contribution is 2.43. The van der Waals surface area contributed by atoms with Crippen molar-refractivity contribution >= 4 is 33.6 Å². The molecule has 0 saturated carbocycles. The van der Waals surface area contributed by atoms with Crippen LogP contribution in [0.3, 0.4) is 0 Å². The molecule has 2 aromatic rings. The summed E-state index contributed by atoms with van der Waals surface area (Å²) in [6.07, 6.45) is -0.634. The third-order valence-electron chi connectivity index (χ3n) is 4.38. The molecule has 2 aromatic carbocycles. The number of carbonyl (C=O) groups excluding carboxylic acids is 2. The molecule has 1 N–H and O–H groups in total. The summed E-state index contributed by atoms with van der Waals surface area (Å²) in [5, 5.41) is 2.50. The molecular formula is C19H17BrF2N2O4. The Morgan fingerprint density at radius 2 is 1.93 bits per heavy atom. The monoisotopic (exact) mass is 454 g/mol. The Balaban J connectivity index is 2.01. The molecule has 148 valence electrons. The van der Waals surface area contributed by atoms with Crippen LogP contribution in [0.25, 0.3) is 0 Å². The second-order valence-corrected chi connectivity index (χ2v) is 7.20. The predicted octanol–water partition coefficient (Wildman–Crippen LogP) is 3.72. The van der Waals surface area contributed by atoms with Crippen molar-refractivity contribution in [1.82, 2.24) is 5.32 Å². The molecule has 0 radical (unpaired) electrons. The van der Waals surface area contributed by atoms with E-state index in [0.29, 0.717) is 15.9 Å². The highest BCUT2D eigenvalue weighted by Gasteiger charge is 2.46. The second kappa shape index (κ2) is 7.75. The van der Waals surface area contributed by atoms with Crippen molar-refractivity contribution in [2.24, 2.45) is 0 Å². The summed E-state index contributed by atoms with van der Waals surface area (Å²) < 4.78 is 38.7. The summed E-state index contributed by atoms with van der Waals surface area (Å²) in [6.45, 7) is 1.67. The van der Waals surface area contributed by atoms with E-state index in [1.54, 1.807) is 18.2 Å².